The van der Waals surface area contributed by atoms with Crippen LogP contribution in [0.3, 0.4) is 0 Å². The fourth-order valence-corrected chi connectivity index (χ4v) is 3.39. The van der Waals surface area contributed by atoms with E-state index in [0.29, 0.717) is 33.4 Å². The zero-order valence-electron chi connectivity index (χ0n) is 19.0. The first-order valence-electron chi connectivity index (χ1n) is 10.2. The average molecular weight is 462 g/mol. The Balaban J connectivity index is 2.09. The van der Waals surface area contributed by atoms with Gasteiger partial charge in [-0.05, 0) is 58.7 Å². The second-order valence-corrected chi connectivity index (χ2v) is 7.16. The van der Waals surface area contributed by atoms with Crippen LogP contribution in [-0.2, 0) is 19.1 Å². The lowest BCUT2D eigenvalue weighted by molar-refractivity contribution is -0.132. The van der Waals surface area contributed by atoms with Gasteiger partial charge in [0.25, 0.3) is 0 Å². The molecule has 174 valence electrons. The normalized spacial score (nSPS) is 10.2. The summed E-state index contributed by atoms with van der Waals surface area (Å²) in [4.78, 5) is 47.3. The third kappa shape index (κ3) is 5.47. The highest BCUT2D eigenvalue weighted by Crippen LogP contribution is 2.33. The molecule has 0 saturated carbocycles. The number of ether oxygens (including phenoxy) is 4. The van der Waals surface area contributed by atoms with E-state index in [1.54, 1.807) is 36.4 Å². The van der Waals surface area contributed by atoms with Crippen molar-refractivity contribution >= 4 is 23.9 Å². The molecule has 0 N–H and O–H groups in total. The van der Waals surface area contributed by atoms with Gasteiger partial charge in [-0.15, -0.1) is 0 Å². The molecule has 0 heterocycles. The first-order valence-corrected chi connectivity index (χ1v) is 10.2. The Hall–Kier alpha value is -4.46. The Morgan fingerprint density at radius 1 is 0.559 bits per heavy atom. The summed E-state index contributed by atoms with van der Waals surface area (Å²) in [5.74, 6) is -1.51. The summed E-state index contributed by atoms with van der Waals surface area (Å²) < 4.78 is 20.1. The van der Waals surface area contributed by atoms with Crippen molar-refractivity contribution in [3.05, 3.63) is 71.8 Å². The van der Waals surface area contributed by atoms with E-state index >= 15 is 0 Å². The van der Waals surface area contributed by atoms with E-state index in [-0.39, 0.29) is 11.5 Å². The molecule has 8 nitrogen and oxygen atoms in total. The molecule has 0 aliphatic carbocycles. The zero-order valence-corrected chi connectivity index (χ0v) is 19.0. The maximum Gasteiger partial charge on any atom is 0.338 e. The van der Waals surface area contributed by atoms with Crippen LogP contribution in [-0.4, -0.2) is 38.1 Å². The molecular weight excluding hydrogens is 440 g/mol. The van der Waals surface area contributed by atoms with Gasteiger partial charge in [0.2, 0.25) is 0 Å². The van der Waals surface area contributed by atoms with Crippen LogP contribution in [0.15, 0.2) is 60.7 Å². The molecule has 0 spiro atoms. The molecule has 0 amide bonds. The summed E-state index contributed by atoms with van der Waals surface area (Å²) in [6.45, 7) is 2.57. The van der Waals surface area contributed by atoms with E-state index in [2.05, 4.69) is 0 Å². The topological polar surface area (TPSA) is 105 Å². The van der Waals surface area contributed by atoms with Gasteiger partial charge in [-0.1, -0.05) is 24.3 Å². The lowest BCUT2D eigenvalue weighted by Crippen LogP contribution is -2.06. The van der Waals surface area contributed by atoms with Crippen LogP contribution in [0, 0.1) is 0 Å². The van der Waals surface area contributed by atoms with Gasteiger partial charge < -0.3 is 18.9 Å². The van der Waals surface area contributed by atoms with E-state index in [0.717, 1.165) is 0 Å². The monoisotopic (exact) mass is 462 g/mol. The molecule has 3 aromatic rings. The number of carbonyl (C=O) groups excluding carboxylic acids is 4. The van der Waals surface area contributed by atoms with Crippen LogP contribution in [0.5, 0.6) is 11.5 Å². The highest BCUT2D eigenvalue weighted by atomic mass is 16.5. The van der Waals surface area contributed by atoms with Crippen LogP contribution in [0.1, 0.15) is 34.6 Å². The van der Waals surface area contributed by atoms with Gasteiger partial charge in [-0.2, -0.15) is 0 Å². The third-order valence-electron chi connectivity index (χ3n) is 4.82. The van der Waals surface area contributed by atoms with Crippen molar-refractivity contribution in [3.8, 4) is 33.8 Å². The van der Waals surface area contributed by atoms with Gasteiger partial charge in [0.05, 0.1) is 25.3 Å². The molecule has 0 atom stereocenters. The summed E-state index contributed by atoms with van der Waals surface area (Å²) in [7, 11) is 2.55. The van der Waals surface area contributed by atoms with Crippen molar-refractivity contribution in [1.29, 1.82) is 0 Å². The Morgan fingerprint density at radius 3 is 1.21 bits per heavy atom. The predicted octanol–water partition coefficient (Wildman–Crippen LogP) is 4.44. The molecule has 0 bridgehead atoms. The minimum absolute atomic E-state index is 0.279. The van der Waals surface area contributed by atoms with Gasteiger partial charge in [-0.25, -0.2) is 9.59 Å². The van der Waals surface area contributed by atoms with Gasteiger partial charge in [-0.3, -0.25) is 9.59 Å². The van der Waals surface area contributed by atoms with Crippen LogP contribution in [0.25, 0.3) is 22.3 Å². The maximum atomic E-state index is 12.3. The molecule has 0 fully saturated rings. The number of carbonyl (C=O) groups is 4. The molecule has 3 aromatic carbocycles. The van der Waals surface area contributed by atoms with Crippen molar-refractivity contribution in [2.24, 2.45) is 0 Å². The SMILES string of the molecule is COC(=O)c1ccc(OC(C)=O)cc1-c1ccc(-c2cc(OC(C)=O)ccc2C(=O)OC)cc1. The molecule has 0 aliphatic rings. The van der Waals surface area contributed by atoms with E-state index in [4.69, 9.17) is 18.9 Å². The minimum Gasteiger partial charge on any atom is -0.465 e. The predicted molar refractivity (Wildman–Crippen MR) is 123 cm³/mol. The molecule has 0 saturated heterocycles. The largest absolute Gasteiger partial charge is 0.465 e. The molecule has 3 rings (SSSR count). The molecule has 34 heavy (non-hydrogen) atoms. The van der Waals surface area contributed by atoms with Crippen molar-refractivity contribution in [3.63, 3.8) is 0 Å². The number of esters is 4. The van der Waals surface area contributed by atoms with Crippen molar-refractivity contribution < 1.29 is 38.1 Å². The average Bonchev–Trinajstić information content (AvgIpc) is 2.82. The maximum absolute atomic E-state index is 12.3. The minimum atomic E-state index is -0.546. The summed E-state index contributed by atoms with van der Waals surface area (Å²) in [5.41, 5.74) is 2.87. The molecule has 0 aromatic heterocycles. The van der Waals surface area contributed by atoms with Crippen LogP contribution < -0.4 is 9.47 Å². The second-order valence-electron chi connectivity index (χ2n) is 7.16. The lowest BCUT2D eigenvalue weighted by atomic mass is 9.94. The highest BCUT2D eigenvalue weighted by molar-refractivity contribution is 5.99. The van der Waals surface area contributed by atoms with Crippen LogP contribution >= 0.6 is 0 Å². The summed E-state index contributed by atoms with van der Waals surface area (Å²) in [6.07, 6.45) is 0. The van der Waals surface area contributed by atoms with Crippen molar-refractivity contribution in [1.82, 2.24) is 0 Å². The number of rotatable bonds is 6. The van der Waals surface area contributed by atoms with E-state index < -0.39 is 23.9 Å². The Bertz CT molecular complexity index is 1160. The molecule has 0 unspecified atom stereocenters. The van der Waals surface area contributed by atoms with Crippen molar-refractivity contribution in [2.45, 2.75) is 13.8 Å². The quantitative estimate of drug-likeness (QED) is 0.391. The number of benzene rings is 3. The van der Waals surface area contributed by atoms with Gasteiger partial charge in [0.1, 0.15) is 11.5 Å². The molecule has 0 radical (unpaired) electrons. The molecular formula is C26H22O8. The third-order valence-corrected chi connectivity index (χ3v) is 4.82. The first-order chi connectivity index (χ1) is 16.2. The summed E-state index contributed by atoms with van der Waals surface area (Å²) in [5, 5.41) is 0. The number of hydrogen-bond donors (Lipinski definition) is 0. The highest BCUT2D eigenvalue weighted by Gasteiger charge is 2.18. The summed E-state index contributed by atoms with van der Waals surface area (Å²) in [6, 6.07) is 16.2. The zero-order chi connectivity index (χ0) is 24.8. The number of methoxy groups -OCH3 is 2. The van der Waals surface area contributed by atoms with Gasteiger partial charge in [0, 0.05) is 13.8 Å². The molecule has 0 aliphatic heterocycles. The second kappa shape index (κ2) is 10.4. The fourth-order valence-electron chi connectivity index (χ4n) is 3.39. The van der Waals surface area contributed by atoms with Gasteiger partial charge >= 0.3 is 23.9 Å². The standard InChI is InChI=1S/C26H22O8/c1-15(27)33-19-9-11-21(25(29)31-3)23(13-19)17-5-7-18(8-6-17)24-14-20(34-16(2)28)10-12-22(24)26(30)32-4/h5-14H,1-4H3. The lowest BCUT2D eigenvalue weighted by Gasteiger charge is -2.13. The first kappa shape index (κ1) is 24.2. The van der Waals surface area contributed by atoms with Crippen molar-refractivity contribution in [2.75, 3.05) is 14.2 Å². The Labute approximate surface area is 196 Å². The Morgan fingerprint density at radius 2 is 0.912 bits per heavy atom. The van der Waals surface area contributed by atoms with E-state index in [9.17, 15) is 19.2 Å². The van der Waals surface area contributed by atoms with Crippen LogP contribution in [0.2, 0.25) is 0 Å². The summed E-state index contributed by atoms with van der Waals surface area (Å²) >= 11 is 0. The van der Waals surface area contributed by atoms with Gasteiger partial charge in [0.15, 0.2) is 0 Å². The fraction of sp³-hybridized carbons (Fsp3) is 0.154. The van der Waals surface area contributed by atoms with E-state index in [1.165, 1.54) is 52.3 Å². The smallest absolute Gasteiger partial charge is 0.338 e. The van der Waals surface area contributed by atoms with Crippen LogP contribution in [0.4, 0.5) is 0 Å². The number of hydrogen-bond acceptors (Lipinski definition) is 8. The molecule has 8 heteroatoms. The van der Waals surface area contributed by atoms with E-state index in [1.807, 2.05) is 0 Å². The Kier molecular flexibility index (Phi) is 7.43.